The Labute approximate surface area is 350 Å². The molecule has 0 heteroatoms. The minimum atomic E-state index is 0.810. The summed E-state index contributed by atoms with van der Waals surface area (Å²) in [6, 6.07) is 9.27. The molecule has 1 aromatic carbocycles. The number of hydrogen-bond donors (Lipinski definition) is 0. The van der Waals surface area contributed by atoms with E-state index in [9.17, 15) is 0 Å². The number of rotatable bonds is 11. The Kier molecular flexibility index (Phi) is 20.4. The number of aryl methyl sites for hydroxylation is 1. The Hall–Kier alpha value is -1.56. The van der Waals surface area contributed by atoms with Crippen LogP contribution in [0.1, 0.15) is 218 Å². The standard InChI is InChI=1S/C21H30.C18H32.C17H30/c1-3-17-6-10-19(11-7-17)21-14-12-20(13-15-21)18-8-4-16(2)5-9-18;1-3-5-15-7-11-17(12-8-15)18-13-9-16(6-4-2)10-14-18;1-3-5-15-8-12-17(13-9-15)16-10-6-14(4-2)7-11-16/h3-5,8-9,17,19-21H,1,6-7,10-15H2,2H3;3,5,15-18H,4,6-14H2,1-2H3;4,14-17H,2-3,5-13H2,1H3/b;5-3+;. The minimum absolute atomic E-state index is 0.810. The molecular weight excluding hydrogens is 673 g/mol. The average Bonchev–Trinajstić information content (AvgIpc) is 3.26. The van der Waals surface area contributed by atoms with Gasteiger partial charge in [-0.1, -0.05) is 119 Å². The molecule has 0 aromatic heterocycles. The molecule has 0 atom stereocenters. The second-order valence-corrected chi connectivity index (χ2v) is 20.7. The van der Waals surface area contributed by atoms with E-state index >= 15 is 0 Å². The molecule has 0 radical (unpaired) electrons. The van der Waals surface area contributed by atoms with Crippen molar-refractivity contribution < 1.29 is 0 Å². The molecule has 56 heavy (non-hydrogen) atoms. The summed E-state index contributed by atoms with van der Waals surface area (Å²) >= 11 is 0. The molecule has 0 amide bonds. The molecule has 0 saturated heterocycles. The summed E-state index contributed by atoms with van der Waals surface area (Å²) in [4.78, 5) is 0. The maximum Gasteiger partial charge on any atom is -0.0162 e. The molecule has 0 nitrogen and oxygen atoms in total. The van der Waals surface area contributed by atoms with Gasteiger partial charge in [-0.25, -0.2) is 0 Å². The van der Waals surface area contributed by atoms with E-state index in [0.717, 1.165) is 71.0 Å². The maximum atomic E-state index is 3.97. The fraction of sp³-hybridized carbons (Fsp3) is 0.786. The van der Waals surface area contributed by atoms with Gasteiger partial charge in [-0.2, -0.15) is 0 Å². The highest BCUT2D eigenvalue weighted by Crippen LogP contribution is 2.45. The first-order valence-corrected chi connectivity index (χ1v) is 25.4. The summed E-state index contributed by atoms with van der Waals surface area (Å²) in [5.41, 5.74) is 2.96. The van der Waals surface area contributed by atoms with E-state index in [2.05, 4.69) is 89.4 Å². The summed E-state index contributed by atoms with van der Waals surface area (Å²) < 4.78 is 0. The minimum Gasteiger partial charge on any atom is -0.103 e. The predicted octanol–water partition coefficient (Wildman–Crippen LogP) is 17.8. The van der Waals surface area contributed by atoms with Crippen LogP contribution >= 0.6 is 0 Å². The highest BCUT2D eigenvalue weighted by molar-refractivity contribution is 5.25. The topological polar surface area (TPSA) is 0 Å². The van der Waals surface area contributed by atoms with Crippen LogP contribution in [0.25, 0.3) is 0 Å². The molecule has 0 spiro atoms. The van der Waals surface area contributed by atoms with Crippen molar-refractivity contribution in [1.29, 1.82) is 0 Å². The van der Waals surface area contributed by atoms with Gasteiger partial charge in [0.05, 0.1) is 0 Å². The first-order valence-electron chi connectivity index (χ1n) is 25.4. The second-order valence-electron chi connectivity index (χ2n) is 20.7. The van der Waals surface area contributed by atoms with E-state index in [0.29, 0.717) is 0 Å². The van der Waals surface area contributed by atoms with Crippen molar-refractivity contribution in [2.45, 2.75) is 213 Å². The highest BCUT2D eigenvalue weighted by atomic mass is 14.4. The zero-order valence-electron chi connectivity index (χ0n) is 37.8. The summed E-state index contributed by atoms with van der Waals surface area (Å²) in [5, 5.41) is 0. The molecule has 6 saturated carbocycles. The Bertz CT molecular complexity index is 1190. The van der Waals surface area contributed by atoms with Crippen molar-refractivity contribution in [2.24, 2.45) is 65.1 Å². The highest BCUT2D eigenvalue weighted by Gasteiger charge is 2.32. The van der Waals surface area contributed by atoms with Gasteiger partial charge in [0.2, 0.25) is 0 Å². The third-order valence-corrected chi connectivity index (χ3v) is 17.1. The van der Waals surface area contributed by atoms with Gasteiger partial charge in [0.1, 0.15) is 0 Å². The number of benzene rings is 1. The van der Waals surface area contributed by atoms with Gasteiger partial charge < -0.3 is 0 Å². The maximum absolute atomic E-state index is 3.97. The third-order valence-electron chi connectivity index (χ3n) is 17.1. The molecule has 1 aromatic rings. The van der Waals surface area contributed by atoms with Crippen molar-refractivity contribution in [1.82, 2.24) is 0 Å². The van der Waals surface area contributed by atoms with E-state index < -0.39 is 0 Å². The summed E-state index contributed by atoms with van der Waals surface area (Å²) in [5.74, 6) is 11.9. The summed E-state index contributed by atoms with van der Waals surface area (Å²) in [7, 11) is 0. The van der Waals surface area contributed by atoms with Gasteiger partial charge in [-0.05, 0) is 219 Å². The third kappa shape index (κ3) is 14.6. The van der Waals surface area contributed by atoms with Gasteiger partial charge in [0, 0.05) is 0 Å². The first-order chi connectivity index (χ1) is 27.4. The van der Waals surface area contributed by atoms with Crippen LogP contribution < -0.4 is 0 Å². The van der Waals surface area contributed by atoms with Crippen LogP contribution in [-0.2, 0) is 0 Å². The first kappa shape index (κ1) is 45.5. The quantitative estimate of drug-likeness (QED) is 0.197. The van der Waals surface area contributed by atoms with E-state index in [4.69, 9.17) is 0 Å². The average molecular weight is 765 g/mol. The van der Waals surface area contributed by atoms with Crippen molar-refractivity contribution in [3.05, 3.63) is 72.9 Å². The molecule has 0 N–H and O–H groups in total. The van der Waals surface area contributed by atoms with Crippen LogP contribution in [0.2, 0.25) is 0 Å². The van der Waals surface area contributed by atoms with Crippen LogP contribution in [0.15, 0.2) is 61.7 Å². The molecule has 0 heterocycles. The molecular formula is C56H92. The van der Waals surface area contributed by atoms with Gasteiger partial charge >= 0.3 is 0 Å². The largest absolute Gasteiger partial charge is 0.103 e. The molecule has 6 aliphatic carbocycles. The van der Waals surface area contributed by atoms with Crippen LogP contribution in [0.4, 0.5) is 0 Å². The zero-order chi connectivity index (χ0) is 39.5. The lowest BCUT2D eigenvalue weighted by Crippen LogP contribution is -2.25. The van der Waals surface area contributed by atoms with E-state index in [-0.39, 0.29) is 0 Å². The monoisotopic (exact) mass is 765 g/mol. The Morgan fingerprint density at radius 1 is 0.446 bits per heavy atom. The van der Waals surface area contributed by atoms with Crippen LogP contribution in [0, 0.1) is 72.0 Å². The lowest BCUT2D eigenvalue weighted by atomic mass is 9.68. The summed E-state index contributed by atoms with van der Waals surface area (Å²) in [6.07, 6.45) is 50.3. The number of allylic oxidation sites excluding steroid dienone is 4. The Morgan fingerprint density at radius 3 is 1.09 bits per heavy atom. The van der Waals surface area contributed by atoms with Gasteiger partial charge in [0.15, 0.2) is 0 Å². The summed E-state index contributed by atoms with van der Waals surface area (Å²) in [6.45, 7) is 17.0. The fourth-order valence-electron chi connectivity index (χ4n) is 13.3. The van der Waals surface area contributed by atoms with E-state index in [1.165, 1.54) is 173 Å². The molecule has 0 bridgehead atoms. The molecule has 0 aliphatic heterocycles. The molecule has 7 rings (SSSR count). The van der Waals surface area contributed by atoms with Gasteiger partial charge in [0.25, 0.3) is 0 Å². The van der Waals surface area contributed by atoms with Gasteiger partial charge in [-0.3, -0.25) is 0 Å². The lowest BCUT2D eigenvalue weighted by molar-refractivity contribution is 0.152. The van der Waals surface area contributed by atoms with Gasteiger partial charge in [-0.15, -0.1) is 13.2 Å². The second kappa shape index (κ2) is 25.2. The SMILES string of the molecule is C/C=C/C1CCC(C2CCC(CCC)CC2)CC1.C=CC1CCC(C2CCC(CCC)CC2)CC1.C=CC1CCC(C2CCC(c3ccc(C)cc3)CC2)CC1. The zero-order valence-corrected chi connectivity index (χ0v) is 37.8. The van der Waals surface area contributed by atoms with Crippen LogP contribution in [0.3, 0.4) is 0 Å². The van der Waals surface area contributed by atoms with Crippen LogP contribution in [-0.4, -0.2) is 0 Å². The predicted molar refractivity (Wildman–Crippen MR) is 248 cm³/mol. The van der Waals surface area contributed by atoms with E-state index in [1.54, 1.807) is 18.4 Å². The Morgan fingerprint density at radius 2 is 0.768 bits per heavy atom. The molecule has 316 valence electrons. The molecule has 6 fully saturated rings. The normalized spacial score (nSPS) is 36.6. The smallest absolute Gasteiger partial charge is 0.0162 e. The Balaban J connectivity index is 0.000000162. The van der Waals surface area contributed by atoms with Crippen molar-refractivity contribution >= 4 is 0 Å². The van der Waals surface area contributed by atoms with Crippen LogP contribution in [0.5, 0.6) is 0 Å². The lowest BCUT2D eigenvalue weighted by Gasteiger charge is -2.37. The number of hydrogen-bond acceptors (Lipinski definition) is 0. The van der Waals surface area contributed by atoms with Crippen molar-refractivity contribution in [3.8, 4) is 0 Å². The van der Waals surface area contributed by atoms with Crippen molar-refractivity contribution in [3.63, 3.8) is 0 Å². The molecule has 0 unspecified atom stereocenters. The molecule has 6 aliphatic rings. The van der Waals surface area contributed by atoms with E-state index in [1.807, 2.05) is 0 Å². The fourth-order valence-corrected chi connectivity index (χ4v) is 13.3. The van der Waals surface area contributed by atoms with Crippen molar-refractivity contribution in [2.75, 3.05) is 0 Å².